The normalized spacial score (nSPS) is 25.7. The van der Waals surface area contributed by atoms with Crippen LogP contribution in [0.2, 0.25) is 0 Å². The van der Waals surface area contributed by atoms with Gasteiger partial charge in [-0.25, -0.2) is 4.98 Å². The Morgan fingerprint density at radius 3 is 2.78 bits per heavy atom. The molecule has 3 heteroatoms. The molecule has 0 spiro atoms. The molecule has 1 N–H and O–H groups in total. The number of aryl methyl sites for hydroxylation is 1. The molecular weight excluding hydrogens is 222 g/mol. The quantitative estimate of drug-likeness (QED) is 0.887. The lowest BCUT2D eigenvalue weighted by molar-refractivity contribution is 0.289. The zero-order valence-corrected chi connectivity index (χ0v) is 11.9. The highest BCUT2D eigenvalue weighted by atomic mass is 15.1. The van der Waals surface area contributed by atoms with Crippen LogP contribution in [0, 0.1) is 0 Å². The second-order valence-electron chi connectivity index (χ2n) is 5.45. The van der Waals surface area contributed by atoms with E-state index in [0.717, 1.165) is 6.42 Å². The summed E-state index contributed by atoms with van der Waals surface area (Å²) in [5.74, 6) is 1.27. The van der Waals surface area contributed by atoms with Crippen LogP contribution in [-0.4, -0.2) is 22.6 Å². The molecule has 0 radical (unpaired) electrons. The van der Waals surface area contributed by atoms with E-state index in [9.17, 15) is 0 Å². The second kappa shape index (κ2) is 6.93. The van der Waals surface area contributed by atoms with Crippen LogP contribution < -0.4 is 5.32 Å². The standard InChI is InChI=1S/C15H27N3/c1-3-8-15-17-11-12-18(15)14-10-7-5-4-6-9-13(14)16-2/h11-14,16H,3-10H2,1-2H3. The minimum absolute atomic E-state index is 0.597. The molecule has 0 aliphatic heterocycles. The second-order valence-corrected chi connectivity index (χ2v) is 5.45. The Kier molecular flexibility index (Phi) is 5.24. The fourth-order valence-corrected chi connectivity index (χ4v) is 3.20. The van der Waals surface area contributed by atoms with E-state index in [2.05, 4.69) is 35.0 Å². The Morgan fingerprint density at radius 2 is 2.06 bits per heavy atom. The highest BCUT2D eigenvalue weighted by Crippen LogP contribution is 2.28. The summed E-state index contributed by atoms with van der Waals surface area (Å²) >= 11 is 0. The van der Waals surface area contributed by atoms with Crippen LogP contribution >= 0.6 is 0 Å². The van der Waals surface area contributed by atoms with Crippen molar-refractivity contribution >= 4 is 0 Å². The van der Waals surface area contributed by atoms with E-state index in [1.807, 2.05) is 6.20 Å². The molecule has 1 saturated carbocycles. The first-order chi connectivity index (χ1) is 8.86. The van der Waals surface area contributed by atoms with Crippen LogP contribution in [0.15, 0.2) is 12.4 Å². The summed E-state index contributed by atoms with van der Waals surface area (Å²) < 4.78 is 2.44. The van der Waals surface area contributed by atoms with E-state index >= 15 is 0 Å². The molecule has 0 bridgehead atoms. The lowest BCUT2D eigenvalue weighted by Gasteiger charge is -2.31. The third kappa shape index (κ3) is 3.14. The third-order valence-electron chi connectivity index (χ3n) is 4.18. The Labute approximate surface area is 111 Å². The van der Waals surface area contributed by atoms with Crippen LogP contribution in [0.25, 0.3) is 0 Å². The van der Waals surface area contributed by atoms with E-state index in [4.69, 9.17) is 0 Å². The Balaban J connectivity index is 2.17. The molecular formula is C15H27N3. The van der Waals surface area contributed by atoms with Crippen molar-refractivity contribution in [2.45, 2.75) is 70.4 Å². The minimum atomic E-state index is 0.597. The van der Waals surface area contributed by atoms with Gasteiger partial charge in [-0.2, -0.15) is 0 Å². The van der Waals surface area contributed by atoms with E-state index < -0.39 is 0 Å². The van der Waals surface area contributed by atoms with Crippen molar-refractivity contribution in [2.24, 2.45) is 0 Å². The summed E-state index contributed by atoms with van der Waals surface area (Å²) in [6.45, 7) is 2.23. The van der Waals surface area contributed by atoms with Gasteiger partial charge in [-0.1, -0.05) is 32.6 Å². The number of imidazole rings is 1. The van der Waals surface area contributed by atoms with Gasteiger partial charge < -0.3 is 9.88 Å². The van der Waals surface area contributed by atoms with Gasteiger partial charge in [-0.3, -0.25) is 0 Å². The van der Waals surface area contributed by atoms with Crippen molar-refractivity contribution in [1.82, 2.24) is 14.9 Å². The average Bonchev–Trinajstić information content (AvgIpc) is 2.78. The molecule has 0 amide bonds. The Morgan fingerprint density at radius 1 is 1.28 bits per heavy atom. The van der Waals surface area contributed by atoms with Gasteiger partial charge in [0, 0.05) is 24.9 Å². The summed E-state index contributed by atoms with van der Waals surface area (Å²) in [7, 11) is 2.11. The maximum absolute atomic E-state index is 4.54. The first kappa shape index (κ1) is 13.6. The lowest BCUT2D eigenvalue weighted by atomic mass is 9.92. The van der Waals surface area contributed by atoms with Crippen LogP contribution in [0.5, 0.6) is 0 Å². The van der Waals surface area contributed by atoms with Gasteiger partial charge >= 0.3 is 0 Å². The van der Waals surface area contributed by atoms with Gasteiger partial charge in [0.15, 0.2) is 0 Å². The highest BCUT2D eigenvalue weighted by Gasteiger charge is 2.24. The number of likely N-dealkylation sites (N-methyl/N-ethyl adjacent to an activating group) is 1. The molecule has 102 valence electrons. The fraction of sp³-hybridized carbons (Fsp3) is 0.800. The smallest absolute Gasteiger partial charge is 0.108 e. The fourth-order valence-electron chi connectivity index (χ4n) is 3.20. The van der Waals surface area contributed by atoms with Crippen molar-refractivity contribution in [2.75, 3.05) is 7.05 Å². The summed E-state index contributed by atoms with van der Waals surface area (Å²) in [4.78, 5) is 4.54. The van der Waals surface area contributed by atoms with Crippen LogP contribution in [0.1, 0.15) is 63.7 Å². The van der Waals surface area contributed by atoms with Gasteiger partial charge in [-0.15, -0.1) is 0 Å². The van der Waals surface area contributed by atoms with Gasteiger partial charge in [-0.05, 0) is 26.3 Å². The first-order valence-corrected chi connectivity index (χ1v) is 7.55. The number of hydrogen-bond acceptors (Lipinski definition) is 2. The molecule has 2 atom stereocenters. The van der Waals surface area contributed by atoms with Crippen LogP contribution in [-0.2, 0) is 6.42 Å². The van der Waals surface area contributed by atoms with E-state index in [1.54, 1.807) is 0 Å². The molecule has 0 aromatic carbocycles. The van der Waals surface area contributed by atoms with Crippen LogP contribution in [0.4, 0.5) is 0 Å². The zero-order chi connectivity index (χ0) is 12.8. The van der Waals surface area contributed by atoms with E-state index in [1.165, 1.54) is 50.8 Å². The molecule has 18 heavy (non-hydrogen) atoms. The monoisotopic (exact) mass is 249 g/mol. The number of hydrogen-bond donors (Lipinski definition) is 1. The minimum Gasteiger partial charge on any atom is -0.330 e. The van der Waals surface area contributed by atoms with Crippen molar-refractivity contribution in [3.63, 3.8) is 0 Å². The highest BCUT2D eigenvalue weighted by molar-refractivity contribution is 4.98. The van der Waals surface area contributed by atoms with Gasteiger partial charge in [0.05, 0.1) is 6.04 Å². The number of aromatic nitrogens is 2. The maximum Gasteiger partial charge on any atom is 0.108 e. The van der Waals surface area contributed by atoms with Crippen molar-refractivity contribution in [3.05, 3.63) is 18.2 Å². The molecule has 1 aromatic heterocycles. The average molecular weight is 249 g/mol. The predicted molar refractivity (Wildman–Crippen MR) is 75.8 cm³/mol. The zero-order valence-electron chi connectivity index (χ0n) is 11.9. The molecule has 3 nitrogen and oxygen atoms in total. The first-order valence-electron chi connectivity index (χ1n) is 7.55. The maximum atomic E-state index is 4.54. The van der Waals surface area contributed by atoms with Crippen molar-refractivity contribution in [3.8, 4) is 0 Å². The molecule has 1 aromatic rings. The molecule has 0 saturated heterocycles. The Hall–Kier alpha value is -0.830. The van der Waals surface area contributed by atoms with E-state index in [0.29, 0.717) is 12.1 Å². The van der Waals surface area contributed by atoms with Gasteiger partial charge in [0.1, 0.15) is 5.82 Å². The van der Waals surface area contributed by atoms with Gasteiger partial charge in [0.25, 0.3) is 0 Å². The van der Waals surface area contributed by atoms with Crippen molar-refractivity contribution in [1.29, 1.82) is 0 Å². The number of rotatable bonds is 4. The lowest BCUT2D eigenvalue weighted by Crippen LogP contribution is -2.36. The summed E-state index contributed by atoms with van der Waals surface area (Å²) in [5.41, 5.74) is 0. The van der Waals surface area contributed by atoms with E-state index in [-0.39, 0.29) is 0 Å². The Bertz CT molecular complexity index is 345. The predicted octanol–water partition coefficient (Wildman–Crippen LogP) is 3.32. The molecule has 1 aliphatic carbocycles. The van der Waals surface area contributed by atoms with Gasteiger partial charge in [0.2, 0.25) is 0 Å². The molecule has 1 heterocycles. The molecule has 2 unspecified atom stereocenters. The largest absolute Gasteiger partial charge is 0.330 e. The summed E-state index contributed by atoms with van der Waals surface area (Å²) in [6, 6.07) is 1.20. The number of nitrogens with one attached hydrogen (secondary N) is 1. The van der Waals surface area contributed by atoms with Crippen LogP contribution in [0.3, 0.4) is 0 Å². The third-order valence-corrected chi connectivity index (χ3v) is 4.18. The summed E-state index contributed by atoms with van der Waals surface area (Å²) in [5, 5.41) is 3.53. The van der Waals surface area contributed by atoms with Crippen molar-refractivity contribution < 1.29 is 0 Å². The SMILES string of the molecule is CCCc1nccn1C1CCCCCCC1NC. The molecule has 2 rings (SSSR count). The summed E-state index contributed by atoms with van der Waals surface area (Å²) in [6.07, 6.45) is 14.5. The molecule has 1 fully saturated rings. The topological polar surface area (TPSA) is 29.9 Å². The molecule has 1 aliphatic rings. The number of nitrogens with zero attached hydrogens (tertiary/aromatic N) is 2.